The zero-order valence-electron chi connectivity index (χ0n) is 26.4. The summed E-state index contributed by atoms with van der Waals surface area (Å²) in [5, 5.41) is 12.4. The lowest BCUT2D eigenvalue weighted by molar-refractivity contribution is -0.138. The number of hydrogen-bond acceptors (Lipinski definition) is 8. The molecular weight excluding hydrogens is 598 g/mol. The topological polar surface area (TPSA) is 149 Å². The van der Waals surface area contributed by atoms with Crippen molar-refractivity contribution in [3.8, 4) is 22.8 Å². The number of aromatic nitrogens is 1. The van der Waals surface area contributed by atoms with Gasteiger partial charge >= 0.3 is 0 Å². The highest BCUT2D eigenvalue weighted by atomic mass is 16.4. The number of nitrogens with one attached hydrogen (secondary N) is 4. The normalized spacial score (nSPS) is 24.1. The van der Waals surface area contributed by atoms with Crippen LogP contribution in [0.3, 0.4) is 0 Å². The number of carbonyl (C=O) groups is 4. The van der Waals surface area contributed by atoms with Crippen molar-refractivity contribution in [2.75, 3.05) is 36.8 Å². The van der Waals surface area contributed by atoms with E-state index in [4.69, 9.17) is 4.42 Å². The van der Waals surface area contributed by atoms with Gasteiger partial charge in [0.05, 0.1) is 18.3 Å². The minimum atomic E-state index is -0.459. The van der Waals surface area contributed by atoms with Crippen LogP contribution in [0.5, 0.6) is 0 Å². The van der Waals surface area contributed by atoms with Crippen molar-refractivity contribution in [3.63, 3.8) is 0 Å². The molecule has 246 valence electrons. The smallest absolute Gasteiger partial charge is 0.247 e. The SMILES string of the molecule is O=C(Nc1ccc(-c2cnc(-c3ccc(NC(=O)[C@@H]4CCCN4C(=O)[C@H]4CCCN4)cc3)o2)cc1)[C@@H]1CCCN1C(=O)[C@H]1CCCN1. The molecule has 4 atom stereocenters. The number of likely N-dealkylation sites (tertiary alicyclic amines) is 2. The first-order valence-electron chi connectivity index (χ1n) is 16.8. The molecule has 4 aliphatic rings. The fourth-order valence-electron chi connectivity index (χ4n) is 7.20. The number of benzene rings is 2. The van der Waals surface area contributed by atoms with Crippen molar-refractivity contribution in [3.05, 3.63) is 54.7 Å². The Morgan fingerprint density at radius 2 is 1.15 bits per heavy atom. The Labute approximate surface area is 273 Å². The van der Waals surface area contributed by atoms with Gasteiger partial charge in [0, 0.05) is 35.6 Å². The molecule has 2 aromatic carbocycles. The monoisotopic (exact) mass is 639 g/mol. The van der Waals surface area contributed by atoms with Crippen LogP contribution in [0.1, 0.15) is 51.4 Å². The van der Waals surface area contributed by atoms with Gasteiger partial charge in [0.1, 0.15) is 12.1 Å². The van der Waals surface area contributed by atoms with E-state index in [1.54, 1.807) is 28.1 Å². The molecule has 4 aliphatic heterocycles. The molecule has 1 aromatic heterocycles. The predicted octanol–water partition coefficient (Wildman–Crippen LogP) is 3.37. The fraction of sp³-hybridized carbons (Fsp3) is 0.457. The van der Waals surface area contributed by atoms with Gasteiger partial charge in [-0.25, -0.2) is 4.98 Å². The van der Waals surface area contributed by atoms with Gasteiger partial charge in [-0.1, -0.05) is 0 Å². The molecule has 0 aliphatic carbocycles. The summed E-state index contributed by atoms with van der Waals surface area (Å²) in [6.07, 6.45) is 8.22. The van der Waals surface area contributed by atoms with Crippen LogP contribution in [0, 0.1) is 0 Å². The first-order valence-corrected chi connectivity index (χ1v) is 16.8. The molecule has 12 nitrogen and oxygen atoms in total. The molecule has 12 heteroatoms. The highest BCUT2D eigenvalue weighted by molar-refractivity contribution is 5.99. The molecule has 4 N–H and O–H groups in total. The van der Waals surface area contributed by atoms with Crippen molar-refractivity contribution >= 4 is 35.0 Å². The number of hydrogen-bond donors (Lipinski definition) is 4. The number of anilines is 2. The highest BCUT2D eigenvalue weighted by Gasteiger charge is 2.39. The van der Waals surface area contributed by atoms with Gasteiger partial charge < -0.3 is 35.5 Å². The Hall–Kier alpha value is -4.55. The standard InChI is InChI=1S/C35H41N7O5/c43-31(28-7-3-19-41(28)34(45)26-5-1-17-36-26)39-24-13-9-22(10-14-24)30-21-38-33(47-30)23-11-15-25(16-12-23)40-32(44)29-8-4-20-42(29)35(46)27-6-2-18-37-27/h9-16,21,26-29,36-37H,1-8,17-20H2,(H,39,43)(H,40,44)/t26-,27-,28+,29+/m1/s1. The summed E-state index contributed by atoms with van der Waals surface area (Å²) < 4.78 is 6.05. The zero-order valence-corrected chi connectivity index (χ0v) is 26.4. The predicted molar refractivity (Wildman–Crippen MR) is 176 cm³/mol. The van der Waals surface area contributed by atoms with Gasteiger partial charge in [0.2, 0.25) is 29.5 Å². The molecule has 0 saturated carbocycles. The van der Waals surface area contributed by atoms with E-state index in [9.17, 15) is 19.2 Å². The van der Waals surface area contributed by atoms with Crippen LogP contribution in [0.25, 0.3) is 22.8 Å². The van der Waals surface area contributed by atoms with Crippen LogP contribution >= 0.6 is 0 Å². The van der Waals surface area contributed by atoms with Crippen molar-refractivity contribution < 1.29 is 23.6 Å². The second kappa shape index (κ2) is 13.7. The average molecular weight is 640 g/mol. The maximum absolute atomic E-state index is 13.1. The molecule has 0 bridgehead atoms. The number of carbonyl (C=O) groups excluding carboxylic acids is 4. The average Bonchev–Trinajstić information content (AvgIpc) is 3.93. The van der Waals surface area contributed by atoms with E-state index in [2.05, 4.69) is 26.3 Å². The van der Waals surface area contributed by atoms with E-state index in [0.29, 0.717) is 49.0 Å². The summed E-state index contributed by atoms with van der Waals surface area (Å²) in [6.45, 7) is 2.90. The van der Waals surface area contributed by atoms with Gasteiger partial charge in [-0.05, 0) is 113 Å². The van der Waals surface area contributed by atoms with Gasteiger partial charge in [0.25, 0.3) is 0 Å². The van der Waals surface area contributed by atoms with Crippen LogP contribution in [0.2, 0.25) is 0 Å². The van der Waals surface area contributed by atoms with Crippen LogP contribution in [-0.4, -0.2) is 88.8 Å². The van der Waals surface area contributed by atoms with Crippen LogP contribution in [-0.2, 0) is 19.2 Å². The van der Waals surface area contributed by atoms with Crippen molar-refractivity contribution in [2.45, 2.75) is 75.5 Å². The molecule has 4 saturated heterocycles. The third-order valence-corrected chi connectivity index (χ3v) is 9.74. The number of oxazole rings is 1. The lowest BCUT2D eigenvalue weighted by Gasteiger charge is -2.26. The second-order valence-corrected chi connectivity index (χ2v) is 12.8. The summed E-state index contributed by atoms with van der Waals surface area (Å²) in [4.78, 5) is 60.0. The van der Waals surface area contributed by atoms with Crippen LogP contribution in [0.15, 0.2) is 59.1 Å². The first kappa shape index (κ1) is 31.1. The lowest BCUT2D eigenvalue weighted by atomic mass is 10.1. The van der Waals surface area contributed by atoms with E-state index >= 15 is 0 Å². The molecule has 0 unspecified atom stereocenters. The van der Waals surface area contributed by atoms with Crippen molar-refractivity contribution in [2.24, 2.45) is 0 Å². The maximum Gasteiger partial charge on any atom is 0.247 e. The molecule has 5 heterocycles. The van der Waals surface area contributed by atoms with Gasteiger partial charge in [0.15, 0.2) is 5.76 Å². The molecule has 4 fully saturated rings. The summed E-state index contributed by atoms with van der Waals surface area (Å²) in [7, 11) is 0. The number of nitrogens with zero attached hydrogens (tertiary/aromatic N) is 3. The third kappa shape index (κ3) is 6.66. The summed E-state index contributed by atoms with van der Waals surface area (Å²) in [6, 6.07) is 13.3. The van der Waals surface area contributed by atoms with Crippen molar-refractivity contribution in [1.82, 2.24) is 25.4 Å². The quantitative estimate of drug-likeness (QED) is 0.293. The molecule has 7 rings (SSSR count). The minimum Gasteiger partial charge on any atom is -0.436 e. The van der Waals surface area contributed by atoms with Crippen LogP contribution < -0.4 is 21.3 Å². The Morgan fingerprint density at radius 1 is 0.660 bits per heavy atom. The highest BCUT2D eigenvalue weighted by Crippen LogP contribution is 2.29. The Balaban J connectivity index is 0.940. The van der Waals surface area contributed by atoms with Crippen LogP contribution in [0.4, 0.5) is 11.4 Å². The van der Waals surface area contributed by atoms with Crippen molar-refractivity contribution in [1.29, 1.82) is 0 Å². The summed E-state index contributed by atoms with van der Waals surface area (Å²) in [5.74, 6) is 0.727. The van der Waals surface area contributed by atoms with E-state index in [1.165, 1.54) is 0 Å². The number of rotatable bonds is 8. The Morgan fingerprint density at radius 3 is 1.62 bits per heavy atom. The summed E-state index contributed by atoms with van der Waals surface area (Å²) >= 11 is 0. The number of amides is 4. The minimum absolute atomic E-state index is 0.0235. The summed E-state index contributed by atoms with van der Waals surface area (Å²) in [5.41, 5.74) is 2.85. The molecule has 4 amide bonds. The molecule has 0 spiro atoms. The largest absolute Gasteiger partial charge is 0.436 e. The molecular formula is C35H41N7O5. The van der Waals surface area contributed by atoms with E-state index in [-0.39, 0.29) is 35.7 Å². The second-order valence-electron chi connectivity index (χ2n) is 12.8. The molecule has 3 aromatic rings. The first-order chi connectivity index (χ1) is 22.9. The molecule has 0 radical (unpaired) electrons. The van der Waals surface area contributed by atoms with Gasteiger partial charge in [-0.15, -0.1) is 0 Å². The molecule has 47 heavy (non-hydrogen) atoms. The van der Waals surface area contributed by atoms with Gasteiger partial charge in [-0.3, -0.25) is 19.2 Å². The van der Waals surface area contributed by atoms with Gasteiger partial charge in [-0.2, -0.15) is 0 Å². The zero-order chi connectivity index (χ0) is 32.3. The Bertz CT molecular complexity index is 1490. The lowest BCUT2D eigenvalue weighted by Crippen LogP contribution is -2.49. The Kier molecular flexibility index (Phi) is 9.03. The van der Waals surface area contributed by atoms with E-state index in [0.717, 1.165) is 62.7 Å². The fourth-order valence-corrected chi connectivity index (χ4v) is 7.20. The van der Waals surface area contributed by atoms with E-state index < -0.39 is 12.1 Å². The maximum atomic E-state index is 13.1. The third-order valence-electron chi connectivity index (χ3n) is 9.74. The van der Waals surface area contributed by atoms with E-state index in [1.807, 2.05) is 36.4 Å².